The maximum Gasteiger partial charge on any atom is 0.264 e. The molecule has 0 aromatic heterocycles. The molecule has 1 heterocycles. The Bertz CT molecular complexity index is 852. The number of rotatable bonds is 4. The Hall–Kier alpha value is -2.58. The van der Waals surface area contributed by atoms with Gasteiger partial charge in [-0.15, -0.1) is 0 Å². The van der Waals surface area contributed by atoms with Gasteiger partial charge in [-0.05, 0) is 37.1 Å². The number of carbonyl (C=O) groups excluding carboxylic acids is 1. The molecule has 0 radical (unpaired) electrons. The molecule has 0 saturated carbocycles. The van der Waals surface area contributed by atoms with Crippen molar-refractivity contribution in [2.45, 2.75) is 36.0 Å². The summed E-state index contributed by atoms with van der Waals surface area (Å²) in [6.07, 6.45) is 4.75. The highest BCUT2D eigenvalue weighted by molar-refractivity contribution is 7.99. The van der Waals surface area contributed by atoms with E-state index in [4.69, 9.17) is 10.3 Å². The summed E-state index contributed by atoms with van der Waals surface area (Å²) in [6, 6.07) is 13.7. The zero-order chi connectivity index (χ0) is 16.9. The van der Waals surface area contributed by atoms with E-state index in [2.05, 4.69) is 24.4 Å². The van der Waals surface area contributed by atoms with E-state index in [9.17, 15) is 4.79 Å². The molecule has 5 heteroatoms. The van der Waals surface area contributed by atoms with E-state index in [1.54, 1.807) is 30.1 Å². The Morgan fingerprint density at radius 3 is 2.88 bits per heavy atom. The highest BCUT2D eigenvalue weighted by Gasteiger charge is 2.18. The maximum absolute atomic E-state index is 11.9. The predicted octanol–water partition coefficient (Wildman–Crippen LogP) is 4.67. The van der Waals surface area contributed by atoms with Crippen molar-refractivity contribution in [3.8, 4) is 6.19 Å². The van der Waals surface area contributed by atoms with Crippen LogP contribution in [0.5, 0.6) is 0 Å². The van der Waals surface area contributed by atoms with Crippen molar-refractivity contribution in [1.29, 1.82) is 5.26 Å². The molecule has 120 valence electrons. The molecule has 4 nitrogen and oxygen atoms in total. The molecular weight excluding hydrogens is 318 g/mol. The molecular formula is C19H17N3OS. The van der Waals surface area contributed by atoms with E-state index in [1.807, 2.05) is 18.2 Å². The summed E-state index contributed by atoms with van der Waals surface area (Å²) in [7, 11) is 0. The minimum atomic E-state index is -0.405. The number of hydrogen-bond donors (Lipinski definition) is 1. The van der Waals surface area contributed by atoms with Crippen molar-refractivity contribution in [2.75, 3.05) is 0 Å². The predicted molar refractivity (Wildman–Crippen MR) is 95.8 cm³/mol. The molecule has 1 N–H and O–H groups in total. The summed E-state index contributed by atoms with van der Waals surface area (Å²) in [5.41, 5.74) is 3.44. The fourth-order valence-corrected chi connectivity index (χ4v) is 3.63. The lowest BCUT2D eigenvalue weighted by atomic mass is 10.0. The Morgan fingerprint density at radius 2 is 2.08 bits per heavy atom. The molecule has 0 spiro atoms. The Kier molecular flexibility index (Phi) is 4.97. The van der Waals surface area contributed by atoms with Crippen molar-refractivity contribution < 1.29 is 4.79 Å². The number of hydrogen-bond acceptors (Lipinski definition) is 4. The number of unbranched alkanes of at least 4 members (excludes halogenated alkanes) is 1. The second-order valence-corrected chi connectivity index (χ2v) is 6.59. The minimum absolute atomic E-state index is 0.405. The summed E-state index contributed by atoms with van der Waals surface area (Å²) >= 11 is 1.66. The van der Waals surface area contributed by atoms with Crippen LogP contribution in [-0.2, 0) is 0 Å². The molecule has 2 aromatic carbocycles. The summed E-state index contributed by atoms with van der Waals surface area (Å²) in [4.78, 5) is 19.0. The normalized spacial score (nSPS) is 12.2. The van der Waals surface area contributed by atoms with Crippen LogP contribution in [0.3, 0.4) is 0 Å². The van der Waals surface area contributed by atoms with Gasteiger partial charge in [-0.1, -0.05) is 43.3 Å². The second-order valence-electron chi connectivity index (χ2n) is 5.51. The lowest BCUT2D eigenvalue weighted by Gasteiger charge is -2.07. The number of aliphatic imine (C=N–C) groups is 1. The molecule has 1 amide bonds. The van der Waals surface area contributed by atoms with Crippen LogP contribution in [0.2, 0.25) is 0 Å². The van der Waals surface area contributed by atoms with Gasteiger partial charge in [-0.25, -0.2) is 0 Å². The summed E-state index contributed by atoms with van der Waals surface area (Å²) < 4.78 is 0. The zero-order valence-corrected chi connectivity index (χ0v) is 14.2. The number of carbonyl (C=O) groups is 1. The molecule has 0 saturated heterocycles. The van der Waals surface area contributed by atoms with Crippen LogP contribution in [0.25, 0.3) is 0 Å². The van der Waals surface area contributed by atoms with Gasteiger partial charge >= 0.3 is 0 Å². The maximum atomic E-state index is 11.9. The first-order valence-electron chi connectivity index (χ1n) is 7.91. The molecule has 0 unspecified atom stereocenters. The van der Waals surface area contributed by atoms with Gasteiger partial charge in [-0.3, -0.25) is 15.1 Å². The molecule has 0 aliphatic carbocycles. The fraction of sp³-hybridized carbons (Fsp3) is 0.211. The molecule has 0 atom stereocenters. The van der Waals surface area contributed by atoms with Crippen LogP contribution in [-0.4, -0.2) is 11.6 Å². The van der Waals surface area contributed by atoms with Crippen LogP contribution in [0, 0.1) is 11.5 Å². The largest absolute Gasteiger partial charge is 0.268 e. The van der Waals surface area contributed by atoms with Gasteiger partial charge in [0.1, 0.15) is 0 Å². The first kappa shape index (κ1) is 16.3. The van der Waals surface area contributed by atoms with Crippen molar-refractivity contribution in [3.63, 3.8) is 0 Å². The number of nitrogens with zero attached hydrogens (tertiary/aromatic N) is 2. The quantitative estimate of drug-likeness (QED) is 0.652. The topological polar surface area (TPSA) is 65.2 Å². The standard InChI is InChI=1S/C19H17N3OS/c1-2-3-7-15-14-6-4-5-8-17(14)24-18-10-9-13(11-16(18)22-15)19(23)21-12-20/h4-6,8-11H,2-3,7H2,1H3,(H,21,23). The summed E-state index contributed by atoms with van der Waals surface area (Å²) in [5.74, 6) is -0.405. The van der Waals surface area contributed by atoms with Crippen molar-refractivity contribution in [2.24, 2.45) is 4.99 Å². The van der Waals surface area contributed by atoms with Crippen LogP contribution in [0.1, 0.15) is 42.1 Å². The monoisotopic (exact) mass is 335 g/mol. The number of nitrogens with one attached hydrogen (secondary N) is 1. The van der Waals surface area contributed by atoms with E-state index >= 15 is 0 Å². The lowest BCUT2D eigenvalue weighted by Crippen LogP contribution is -2.17. The zero-order valence-electron chi connectivity index (χ0n) is 13.4. The van der Waals surface area contributed by atoms with Gasteiger partial charge in [0.05, 0.1) is 5.69 Å². The van der Waals surface area contributed by atoms with Gasteiger partial charge in [0.2, 0.25) is 0 Å². The molecule has 0 bridgehead atoms. The van der Waals surface area contributed by atoms with Gasteiger partial charge < -0.3 is 0 Å². The Morgan fingerprint density at radius 1 is 1.25 bits per heavy atom. The van der Waals surface area contributed by atoms with Crippen molar-refractivity contribution >= 4 is 29.1 Å². The first-order valence-corrected chi connectivity index (χ1v) is 8.73. The van der Waals surface area contributed by atoms with Gasteiger partial charge in [0, 0.05) is 26.6 Å². The van der Waals surface area contributed by atoms with Crippen molar-refractivity contribution in [3.05, 3.63) is 53.6 Å². The number of nitriles is 1. The van der Waals surface area contributed by atoms with Crippen LogP contribution >= 0.6 is 11.8 Å². The van der Waals surface area contributed by atoms with Crippen molar-refractivity contribution in [1.82, 2.24) is 5.32 Å². The van der Waals surface area contributed by atoms with E-state index in [-0.39, 0.29) is 0 Å². The smallest absolute Gasteiger partial charge is 0.264 e. The summed E-state index contributed by atoms with van der Waals surface area (Å²) in [6.45, 7) is 2.16. The molecule has 3 rings (SSSR count). The van der Waals surface area contributed by atoms with E-state index in [1.165, 1.54) is 4.90 Å². The van der Waals surface area contributed by atoms with Gasteiger partial charge in [0.15, 0.2) is 6.19 Å². The average Bonchev–Trinajstić information content (AvgIpc) is 2.76. The average molecular weight is 335 g/mol. The first-order chi connectivity index (χ1) is 11.7. The highest BCUT2D eigenvalue weighted by Crippen LogP contribution is 2.41. The molecule has 1 aliphatic rings. The Balaban J connectivity index is 2.07. The SMILES string of the molecule is CCCCC1=Nc2cc(C(=O)NC#N)ccc2Sc2ccccc21. The van der Waals surface area contributed by atoms with Crippen LogP contribution in [0.15, 0.2) is 57.2 Å². The molecule has 1 aliphatic heterocycles. The van der Waals surface area contributed by atoms with E-state index in [0.717, 1.165) is 41.1 Å². The highest BCUT2D eigenvalue weighted by atomic mass is 32.2. The van der Waals surface area contributed by atoms with Gasteiger partial charge in [-0.2, -0.15) is 5.26 Å². The minimum Gasteiger partial charge on any atom is -0.268 e. The third kappa shape index (κ3) is 3.34. The molecule has 24 heavy (non-hydrogen) atoms. The van der Waals surface area contributed by atoms with Gasteiger partial charge in [0.25, 0.3) is 5.91 Å². The molecule has 0 fully saturated rings. The molecule has 2 aromatic rings. The van der Waals surface area contributed by atoms with Crippen LogP contribution in [0.4, 0.5) is 5.69 Å². The summed E-state index contributed by atoms with van der Waals surface area (Å²) in [5, 5.41) is 10.8. The van der Waals surface area contributed by atoms with E-state index < -0.39 is 5.91 Å². The number of fused-ring (bicyclic) bond motifs is 2. The number of benzene rings is 2. The number of amides is 1. The van der Waals surface area contributed by atoms with Crippen LogP contribution < -0.4 is 5.32 Å². The third-order valence-electron chi connectivity index (χ3n) is 3.83. The second kappa shape index (κ2) is 7.33. The third-order valence-corrected chi connectivity index (χ3v) is 4.97. The Labute approximate surface area is 145 Å². The van der Waals surface area contributed by atoms with E-state index in [0.29, 0.717) is 5.56 Å². The fourth-order valence-electron chi connectivity index (χ4n) is 2.61. The lowest BCUT2D eigenvalue weighted by molar-refractivity contribution is 0.0973.